The molecule has 0 saturated heterocycles. The maximum Gasteiger partial charge on any atom is 0.274 e. The van der Waals surface area contributed by atoms with Crippen molar-refractivity contribution in [3.63, 3.8) is 0 Å². The maximum atomic E-state index is 12.8. The third-order valence-corrected chi connectivity index (χ3v) is 5.60. The summed E-state index contributed by atoms with van der Waals surface area (Å²) < 4.78 is 1.68. The number of fused-ring (bicyclic) bond motifs is 1. The molecule has 1 aliphatic rings. The van der Waals surface area contributed by atoms with E-state index in [1.54, 1.807) is 10.7 Å². The average Bonchev–Trinajstić information content (AvgIpc) is 3.14. The fourth-order valence-electron chi connectivity index (χ4n) is 3.28. The van der Waals surface area contributed by atoms with E-state index in [9.17, 15) is 9.59 Å². The highest BCUT2D eigenvalue weighted by Crippen LogP contribution is 2.38. The molecule has 1 aliphatic carbocycles. The molecule has 2 aromatic rings. The summed E-state index contributed by atoms with van der Waals surface area (Å²) in [5.41, 5.74) is 3.08. The number of nitrogens with zero attached hydrogens (tertiary/aromatic N) is 2. The first kappa shape index (κ1) is 17.7. The lowest BCUT2D eigenvalue weighted by Crippen LogP contribution is -2.26. The number of hydrogen-bond donors (Lipinski definition) is 2. The number of aryl methyl sites for hydroxylation is 3. The summed E-state index contributed by atoms with van der Waals surface area (Å²) in [6.45, 7) is 6.91. The molecule has 0 fully saturated rings. The van der Waals surface area contributed by atoms with Crippen LogP contribution >= 0.6 is 11.3 Å². The molecular formula is C18H24N4O2S. The number of aromatic nitrogens is 2. The highest BCUT2D eigenvalue weighted by Gasteiger charge is 2.27. The molecule has 3 rings (SSSR count). The van der Waals surface area contributed by atoms with Crippen LogP contribution in [-0.2, 0) is 19.4 Å². The Labute approximate surface area is 151 Å². The van der Waals surface area contributed by atoms with E-state index in [4.69, 9.17) is 0 Å². The lowest BCUT2D eigenvalue weighted by molar-refractivity contribution is 0.0956. The van der Waals surface area contributed by atoms with Crippen LogP contribution in [0.25, 0.3) is 0 Å². The molecule has 134 valence electrons. The number of rotatable bonds is 5. The quantitative estimate of drug-likeness (QED) is 0.860. The summed E-state index contributed by atoms with van der Waals surface area (Å²) in [4.78, 5) is 26.6. The normalized spacial score (nSPS) is 13.4. The minimum atomic E-state index is -0.216. The van der Waals surface area contributed by atoms with Crippen LogP contribution in [0.2, 0.25) is 0 Å². The topological polar surface area (TPSA) is 76.0 Å². The molecule has 6 nitrogen and oxygen atoms in total. The van der Waals surface area contributed by atoms with Crippen molar-refractivity contribution < 1.29 is 9.59 Å². The van der Waals surface area contributed by atoms with E-state index in [2.05, 4.69) is 15.7 Å². The minimum absolute atomic E-state index is 0.0996. The zero-order valence-electron chi connectivity index (χ0n) is 14.9. The van der Waals surface area contributed by atoms with Crippen molar-refractivity contribution in [1.82, 2.24) is 15.1 Å². The van der Waals surface area contributed by atoms with Crippen molar-refractivity contribution >= 4 is 28.2 Å². The second-order valence-corrected chi connectivity index (χ2v) is 7.32. The SMILES string of the molecule is CCNC(=O)c1c(NC(=O)c2cc(C)nn2CC)sc2c1CCCC2. The minimum Gasteiger partial charge on any atom is -0.352 e. The summed E-state index contributed by atoms with van der Waals surface area (Å²) >= 11 is 1.54. The Morgan fingerprint density at radius 2 is 2.00 bits per heavy atom. The van der Waals surface area contributed by atoms with Gasteiger partial charge in [0.25, 0.3) is 11.8 Å². The number of nitrogens with one attached hydrogen (secondary N) is 2. The van der Waals surface area contributed by atoms with Gasteiger partial charge in [-0.05, 0) is 58.1 Å². The smallest absolute Gasteiger partial charge is 0.274 e. The van der Waals surface area contributed by atoms with Crippen molar-refractivity contribution in [2.24, 2.45) is 0 Å². The van der Waals surface area contributed by atoms with E-state index in [1.165, 1.54) is 16.2 Å². The first-order chi connectivity index (χ1) is 12.0. The molecule has 0 atom stereocenters. The standard InChI is InChI=1S/C18H24N4O2S/c1-4-19-17(24)15-12-8-6-7-9-14(12)25-18(15)20-16(23)13-10-11(3)21-22(13)5-2/h10H,4-9H2,1-3H3,(H,19,24)(H,20,23). The number of anilines is 1. The summed E-state index contributed by atoms with van der Waals surface area (Å²) in [5.74, 6) is -0.316. The molecule has 2 N–H and O–H groups in total. The Hall–Kier alpha value is -2.15. The van der Waals surface area contributed by atoms with E-state index >= 15 is 0 Å². The Morgan fingerprint density at radius 1 is 1.24 bits per heavy atom. The van der Waals surface area contributed by atoms with Crippen LogP contribution in [-0.4, -0.2) is 28.1 Å². The van der Waals surface area contributed by atoms with Gasteiger partial charge in [0.2, 0.25) is 0 Å². The van der Waals surface area contributed by atoms with E-state index in [0.717, 1.165) is 36.9 Å². The molecule has 0 bridgehead atoms. The number of carbonyl (C=O) groups is 2. The first-order valence-electron chi connectivity index (χ1n) is 8.83. The first-order valence-corrected chi connectivity index (χ1v) is 9.65. The zero-order chi connectivity index (χ0) is 18.0. The number of amides is 2. The van der Waals surface area contributed by atoms with Crippen LogP contribution in [0.1, 0.15) is 63.7 Å². The highest BCUT2D eigenvalue weighted by atomic mass is 32.1. The van der Waals surface area contributed by atoms with Gasteiger partial charge in [0.1, 0.15) is 10.7 Å². The van der Waals surface area contributed by atoms with Crippen LogP contribution in [0, 0.1) is 6.92 Å². The lowest BCUT2D eigenvalue weighted by atomic mass is 9.95. The van der Waals surface area contributed by atoms with Crippen LogP contribution in [0.3, 0.4) is 0 Å². The summed E-state index contributed by atoms with van der Waals surface area (Å²) in [6, 6.07) is 1.78. The molecular weight excluding hydrogens is 336 g/mol. The molecule has 0 aromatic carbocycles. The van der Waals surface area contributed by atoms with Gasteiger partial charge in [0, 0.05) is 18.0 Å². The monoisotopic (exact) mass is 360 g/mol. The molecule has 0 radical (unpaired) electrons. The van der Waals surface area contributed by atoms with Gasteiger partial charge >= 0.3 is 0 Å². The third kappa shape index (κ3) is 3.46. The molecule has 25 heavy (non-hydrogen) atoms. The second kappa shape index (κ2) is 7.39. The maximum absolute atomic E-state index is 12.8. The molecule has 2 aromatic heterocycles. The zero-order valence-corrected chi connectivity index (χ0v) is 15.8. The summed E-state index contributed by atoms with van der Waals surface area (Å²) in [6.07, 6.45) is 4.11. The van der Waals surface area contributed by atoms with E-state index in [-0.39, 0.29) is 11.8 Å². The molecule has 2 heterocycles. The fourth-order valence-corrected chi connectivity index (χ4v) is 4.56. The van der Waals surface area contributed by atoms with E-state index < -0.39 is 0 Å². The van der Waals surface area contributed by atoms with Crippen molar-refractivity contribution in [3.8, 4) is 0 Å². The Bertz CT molecular complexity index is 806. The van der Waals surface area contributed by atoms with Gasteiger partial charge in [-0.15, -0.1) is 11.3 Å². The van der Waals surface area contributed by atoms with Crippen LogP contribution < -0.4 is 10.6 Å². The molecule has 0 saturated carbocycles. The summed E-state index contributed by atoms with van der Waals surface area (Å²) in [7, 11) is 0. The number of carbonyl (C=O) groups excluding carboxylic acids is 2. The van der Waals surface area contributed by atoms with E-state index in [0.29, 0.717) is 29.3 Å². The fraction of sp³-hybridized carbons (Fsp3) is 0.500. The number of hydrogen-bond acceptors (Lipinski definition) is 4. The van der Waals surface area contributed by atoms with Gasteiger partial charge in [0.15, 0.2) is 0 Å². The molecule has 0 unspecified atom stereocenters. The predicted molar refractivity (Wildman–Crippen MR) is 99.6 cm³/mol. The summed E-state index contributed by atoms with van der Waals surface area (Å²) in [5, 5.41) is 10.8. The average molecular weight is 360 g/mol. The van der Waals surface area contributed by atoms with Crippen molar-refractivity contribution in [1.29, 1.82) is 0 Å². The number of thiophene rings is 1. The lowest BCUT2D eigenvalue weighted by Gasteiger charge is -2.13. The van der Waals surface area contributed by atoms with Gasteiger partial charge in [-0.3, -0.25) is 14.3 Å². The van der Waals surface area contributed by atoms with Crippen LogP contribution in [0.15, 0.2) is 6.07 Å². The Morgan fingerprint density at radius 3 is 2.72 bits per heavy atom. The van der Waals surface area contributed by atoms with Crippen LogP contribution in [0.4, 0.5) is 5.00 Å². The van der Waals surface area contributed by atoms with E-state index in [1.807, 2.05) is 20.8 Å². The van der Waals surface area contributed by atoms with Crippen molar-refractivity contribution in [2.75, 3.05) is 11.9 Å². The highest BCUT2D eigenvalue weighted by molar-refractivity contribution is 7.17. The van der Waals surface area contributed by atoms with Gasteiger partial charge in [-0.2, -0.15) is 5.10 Å². The Kier molecular flexibility index (Phi) is 5.22. The molecule has 2 amide bonds. The van der Waals surface area contributed by atoms with Gasteiger partial charge in [-0.25, -0.2) is 0 Å². The molecule has 0 aliphatic heterocycles. The van der Waals surface area contributed by atoms with Gasteiger partial charge < -0.3 is 10.6 Å². The van der Waals surface area contributed by atoms with Crippen molar-refractivity contribution in [3.05, 3.63) is 33.5 Å². The molecule has 0 spiro atoms. The molecule has 7 heteroatoms. The predicted octanol–water partition coefficient (Wildman–Crippen LogP) is 3.15. The van der Waals surface area contributed by atoms with Gasteiger partial charge in [-0.1, -0.05) is 0 Å². The van der Waals surface area contributed by atoms with Gasteiger partial charge in [0.05, 0.1) is 11.3 Å². The van der Waals surface area contributed by atoms with Crippen molar-refractivity contribution in [2.45, 2.75) is 53.0 Å². The Balaban J connectivity index is 1.95. The largest absolute Gasteiger partial charge is 0.352 e. The third-order valence-electron chi connectivity index (χ3n) is 4.40. The van der Waals surface area contributed by atoms with Crippen LogP contribution in [0.5, 0.6) is 0 Å². The second-order valence-electron chi connectivity index (χ2n) is 6.22.